The SMILES string of the molecule is C[C@@H](NS(C)(=O)=O)c1ccc(CNCCOc2ccc(F)cc2)cc1. The molecule has 2 aromatic carbocycles. The van der Waals surface area contributed by atoms with Gasteiger partial charge in [0.15, 0.2) is 0 Å². The highest BCUT2D eigenvalue weighted by Crippen LogP contribution is 2.14. The van der Waals surface area contributed by atoms with Crippen LogP contribution in [0.5, 0.6) is 5.75 Å². The molecular formula is C18H23FN2O3S. The first-order chi connectivity index (χ1) is 11.8. The molecule has 0 aromatic heterocycles. The van der Waals surface area contributed by atoms with E-state index in [9.17, 15) is 12.8 Å². The maximum absolute atomic E-state index is 12.8. The van der Waals surface area contributed by atoms with Crippen molar-refractivity contribution in [2.75, 3.05) is 19.4 Å². The first-order valence-electron chi connectivity index (χ1n) is 7.99. The smallest absolute Gasteiger partial charge is 0.209 e. The molecule has 0 aliphatic carbocycles. The Morgan fingerprint density at radius 1 is 1.08 bits per heavy atom. The second kappa shape index (κ2) is 8.94. The van der Waals surface area contributed by atoms with E-state index in [4.69, 9.17) is 4.74 Å². The third-order valence-electron chi connectivity index (χ3n) is 3.56. The van der Waals surface area contributed by atoms with Crippen LogP contribution >= 0.6 is 0 Å². The largest absolute Gasteiger partial charge is 0.492 e. The van der Waals surface area contributed by atoms with Crippen LogP contribution in [0.2, 0.25) is 0 Å². The molecule has 1 atom stereocenters. The van der Waals surface area contributed by atoms with Crippen LogP contribution in [-0.4, -0.2) is 27.8 Å². The minimum Gasteiger partial charge on any atom is -0.492 e. The molecule has 0 unspecified atom stereocenters. The van der Waals surface area contributed by atoms with E-state index in [0.29, 0.717) is 25.4 Å². The lowest BCUT2D eigenvalue weighted by Crippen LogP contribution is -2.25. The van der Waals surface area contributed by atoms with Gasteiger partial charge in [0, 0.05) is 19.1 Å². The first kappa shape index (κ1) is 19.4. The summed E-state index contributed by atoms with van der Waals surface area (Å²) in [6, 6.07) is 13.4. The number of sulfonamides is 1. The predicted octanol–water partition coefficient (Wildman–Crippen LogP) is 2.60. The Morgan fingerprint density at radius 3 is 2.32 bits per heavy atom. The zero-order valence-electron chi connectivity index (χ0n) is 14.3. The molecule has 2 N–H and O–H groups in total. The van der Waals surface area contributed by atoms with Crippen molar-refractivity contribution < 1.29 is 17.5 Å². The summed E-state index contributed by atoms with van der Waals surface area (Å²) in [5.41, 5.74) is 2.01. The number of benzene rings is 2. The van der Waals surface area contributed by atoms with Gasteiger partial charge in [-0.1, -0.05) is 24.3 Å². The zero-order valence-corrected chi connectivity index (χ0v) is 15.1. The Balaban J connectivity index is 1.71. The predicted molar refractivity (Wildman–Crippen MR) is 96.4 cm³/mol. The fourth-order valence-electron chi connectivity index (χ4n) is 2.32. The number of rotatable bonds is 9. The van der Waals surface area contributed by atoms with Gasteiger partial charge >= 0.3 is 0 Å². The average molecular weight is 366 g/mol. The summed E-state index contributed by atoms with van der Waals surface area (Å²) in [5, 5.41) is 3.26. The lowest BCUT2D eigenvalue weighted by molar-refractivity contribution is 0.313. The van der Waals surface area contributed by atoms with E-state index in [1.165, 1.54) is 12.1 Å². The van der Waals surface area contributed by atoms with Crippen molar-refractivity contribution in [1.29, 1.82) is 0 Å². The third-order valence-corrected chi connectivity index (χ3v) is 4.34. The highest BCUT2D eigenvalue weighted by Gasteiger charge is 2.10. The van der Waals surface area contributed by atoms with Gasteiger partial charge in [0.2, 0.25) is 10.0 Å². The maximum Gasteiger partial charge on any atom is 0.209 e. The molecule has 0 amide bonds. The lowest BCUT2D eigenvalue weighted by atomic mass is 10.1. The number of ether oxygens (including phenoxy) is 1. The van der Waals surface area contributed by atoms with Crippen LogP contribution in [0.1, 0.15) is 24.1 Å². The molecule has 25 heavy (non-hydrogen) atoms. The normalized spacial score (nSPS) is 12.8. The van der Waals surface area contributed by atoms with Crippen molar-refractivity contribution in [3.8, 4) is 5.75 Å². The van der Waals surface area contributed by atoms with Gasteiger partial charge in [-0.2, -0.15) is 0 Å². The molecule has 2 rings (SSSR count). The van der Waals surface area contributed by atoms with Crippen molar-refractivity contribution in [2.24, 2.45) is 0 Å². The third kappa shape index (κ3) is 7.21. The minimum atomic E-state index is -3.22. The fourth-order valence-corrected chi connectivity index (χ4v) is 3.10. The summed E-state index contributed by atoms with van der Waals surface area (Å²) in [6.45, 7) is 3.63. The van der Waals surface area contributed by atoms with Gasteiger partial charge in [0.05, 0.1) is 6.26 Å². The molecule has 0 bridgehead atoms. The highest BCUT2D eigenvalue weighted by atomic mass is 32.2. The van der Waals surface area contributed by atoms with Crippen LogP contribution in [0.4, 0.5) is 4.39 Å². The highest BCUT2D eigenvalue weighted by molar-refractivity contribution is 7.88. The van der Waals surface area contributed by atoms with Gasteiger partial charge < -0.3 is 10.1 Å². The molecule has 0 heterocycles. The van der Waals surface area contributed by atoms with Gasteiger partial charge in [-0.25, -0.2) is 17.5 Å². The molecule has 5 nitrogen and oxygen atoms in total. The van der Waals surface area contributed by atoms with E-state index >= 15 is 0 Å². The summed E-state index contributed by atoms with van der Waals surface area (Å²) in [6.07, 6.45) is 1.15. The second-order valence-electron chi connectivity index (χ2n) is 5.83. The Kier molecular flexibility index (Phi) is 6.92. The van der Waals surface area contributed by atoms with Crippen molar-refractivity contribution in [2.45, 2.75) is 19.5 Å². The molecule has 0 fully saturated rings. The van der Waals surface area contributed by atoms with E-state index < -0.39 is 10.0 Å². The Hall–Kier alpha value is -1.96. The van der Waals surface area contributed by atoms with Crippen molar-refractivity contribution in [3.63, 3.8) is 0 Å². The van der Waals surface area contributed by atoms with Crippen LogP contribution in [-0.2, 0) is 16.6 Å². The Labute approximate surface area is 148 Å². The van der Waals surface area contributed by atoms with E-state index in [-0.39, 0.29) is 11.9 Å². The monoisotopic (exact) mass is 366 g/mol. The number of hydrogen-bond donors (Lipinski definition) is 2. The minimum absolute atomic E-state index is 0.263. The zero-order chi connectivity index (χ0) is 18.3. The summed E-state index contributed by atoms with van der Waals surface area (Å²) in [4.78, 5) is 0. The molecule has 7 heteroatoms. The number of halogens is 1. The topological polar surface area (TPSA) is 67.4 Å². The van der Waals surface area contributed by atoms with Crippen LogP contribution in [0.15, 0.2) is 48.5 Å². The first-order valence-corrected chi connectivity index (χ1v) is 9.88. The van der Waals surface area contributed by atoms with E-state index in [1.54, 1.807) is 19.1 Å². The van der Waals surface area contributed by atoms with Crippen LogP contribution in [0, 0.1) is 5.82 Å². The van der Waals surface area contributed by atoms with Crippen LogP contribution in [0.25, 0.3) is 0 Å². The Bertz CT molecular complexity index is 762. The van der Waals surface area contributed by atoms with Crippen molar-refractivity contribution in [3.05, 3.63) is 65.5 Å². The molecular weight excluding hydrogens is 343 g/mol. The molecule has 0 saturated carbocycles. The molecule has 0 aliphatic rings. The molecule has 136 valence electrons. The molecule has 0 radical (unpaired) electrons. The standard InChI is InChI=1S/C18H23FN2O3S/c1-14(21-25(2,22)23)16-5-3-15(4-6-16)13-20-11-12-24-18-9-7-17(19)8-10-18/h3-10,14,20-21H,11-13H2,1-2H3/t14-/m1/s1. The van der Waals surface area contributed by atoms with Crippen molar-refractivity contribution >= 4 is 10.0 Å². The van der Waals surface area contributed by atoms with E-state index in [1.807, 2.05) is 24.3 Å². The lowest BCUT2D eigenvalue weighted by Gasteiger charge is -2.13. The van der Waals surface area contributed by atoms with Crippen LogP contribution in [0.3, 0.4) is 0 Å². The fraction of sp³-hybridized carbons (Fsp3) is 0.333. The van der Waals surface area contributed by atoms with Gasteiger partial charge in [-0.3, -0.25) is 0 Å². The molecule has 2 aromatic rings. The van der Waals surface area contributed by atoms with Gasteiger partial charge in [0.1, 0.15) is 18.2 Å². The number of nitrogens with one attached hydrogen (secondary N) is 2. The molecule has 0 saturated heterocycles. The van der Waals surface area contributed by atoms with Crippen LogP contribution < -0.4 is 14.8 Å². The van der Waals surface area contributed by atoms with Gasteiger partial charge in [-0.05, 0) is 42.3 Å². The van der Waals surface area contributed by atoms with Crippen molar-refractivity contribution in [1.82, 2.24) is 10.0 Å². The van der Waals surface area contributed by atoms with Gasteiger partial charge in [-0.15, -0.1) is 0 Å². The molecule has 0 aliphatic heterocycles. The number of hydrogen-bond acceptors (Lipinski definition) is 4. The van der Waals surface area contributed by atoms with E-state index in [0.717, 1.165) is 17.4 Å². The average Bonchev–Trinajstić information content (AvgIpc) is 2.55. The maximum atomic E-state index is 12.8. The Morgan fingerprint density at radius 2 is 1.72 bits per heavy atom. The quantitative estimate of drug-likeness (QED) is 0.670. The summed E-state index contributed by atoms with van der Waals surface area (Å²) in [5.74, 6) is 0.356. The summed E-state index contributed by atoms with van der Waals surface area (Å²) in [7, 11) is -3.22. The summed E-state index contributed by atoms with van der Waals surface area (Å²) >= 11 is 0. The summed E-state index contributed by atoms with van der Waals surface area (Å²) < 4.78 is 43.3. The van der Waals surface area contributed by atoms with Gasteiger partial charge in [0.25, 0.3) is 0 Å². The second-order valence-corrected chi connectivity index (χ2v) is 7.61. The van der Waals surface area contributed by atoms with E-state index in [2.05, 4.69) is 10.0 Å². The molecule has 0 spiro atoms.